The summed E-state index contributed by atoms with van der Waals surface area (Å²) in [5, 5.41) is 0.454. The third-order valence-electron chi connectivity index (χ3n) is 5.51. The highest BCUT2D eigenvalue weighted by molar-refractivity contribution is 8.00. The lowest BCUT2D eigenvalue weighted by atomic mass is 9.94. The Morgan fingerprint density at radius 1 is 1.28 bits per heavy atom. The molecule has 2 fully saturated rings. The van der Waals surface area contributed by atoms with Gasteiger partial charge >= 0.3 is 0 Å². The van der Waals surface area contributed by atoms with Gasteiger partial charge in [0, 0.05) is 49.6 Å². The molecule has 1 aliphatic carbocycles. The van der Waals surface area contributed by atoms with E-state index in [2.05, 4.69) is 9.98 Å². The minimum atomic E-state index is -1.09. The van der Waals surface area contributed by atoms with Crippen LogP contribution in [0.4, 0.5) is 8.78 Å². The molecule has 6 nitrogen and oxygen atoms in total. The normalized spacial score (nSPS) is 31.0. The van der Waals surface area contributed by atoms with Crippen LogP contribution in [0.2, 0.25) is 0 Å². The van der Waals surface area contributed by atoms with Gasteiger partial charge in [-0.25, -0.2) is 13.8 Å². The predicted molar refractivity (Wildman–Crippen MR) is 109 cm³/mol. The van der Waals surface area contributed by atoms with Crippen LogP contribution in [0, 0.1) is 11.8 Å². The molecule has 4 aliphatic rings. The van der Waals surface area contributed by atoms with E-state index in [1.165, 1.54) is 6.08 Å². The van der Waals surface area contributed by atoms with Crippen LogP contribution in [-0.4, -0.2) is 79.5 Å². The third-order valence-corrected chi connectivity index (χ3v) is 6.88. The number of carbonyl (C=O) groups is 1. The average molecular weight is 426 g/mol. The molecule has 3 heterocycles. The number of allylic oxidation sites excluding steroid dienone is 2. The summed E-state index contributed by atoms with van der Waals surface area (Å²) >= 11 is 1.70. The molecule has 3 aliphatic heterocycles. The number of amides is 1. The van der Waals surface area contributed by atoms with Gasteiger partial charge in [0.15, 0.2) is 0 Å². The Labute approximate surface area is 173 Å². The Bertz CT molecular complexity index is 777. The zero-order chi connectivity index (χ0) is 20.4. The molecule has 0 aromatic carbocycles. The topological polar surface area (TPSA) is 63.5 Å². The van der Waals surface area contributed by atoms with Gasteiger partial charge in [0.05, 0.1) is 18.1 Å². The Kier molecular flexibility index (Phi) is 6.46. The molecule has 0 saturated carbocycles. The van der Waals surface area contributed by atoms with Gasteiger partial charge in [0.25, 0.3) is 5.91 Å². The van der Waals surface area contributed by atoms with Gasteiger partial charge in [-0.3, -0.25) is 4.79 Å². The van der Waals surface area contributed by atoms with E-state index in [-0.39, 0.29) is 18.3 Å². The molecule has 3 atom stereocenters. The molecule has 0 spiro atoms. The molecule has 158 valence electrons. The first-order valence-corrected chi connectivity index (χ1v) is 11.0. The molecule has 0 aromatic rings. The van der Waals surface area contributed by atoms with Gasteiger partial charge < -0.3 is 14.4 Å². The minimum absolute atomic E-state index is 0.160. The molecule has 1 amide bonds. The summed E-state index contributed by atoms with van der Waals surface area (Å²) in [6, 6.07) is 0. The second kappa shape index (κ2) is 9.06. The molecule has 0 radical (unpaired) electrons. The van der Waals surface area contributed by atoms with Crippen LogP contribution in [-0.2, 0) is 14.3 Å². The second-order valence-corrected chi connectivity index (χ2v) is 9.13. The third kappa shape index (κ3) is 4.95. The Balaban J connectivity index is 1.40. The molecule has 9 heteroatoms. The van der Waals surface area contributed by atoms with Crippen molar-refractivity contribution in [2.75, 3.05) is 45.7 Å². The summed E-state index contributed by atoms with van der Waals surface area (Å²) in [6.45, 7) is 2.63. The number of thioether (sulfide) groups is 1. The van der Waals surface area contributed by atoms with Crippen molar-refractivity contribution in [1.82, 2.24) is 4.90 Å². The predicted octanol–water partition coefficient (Wildman–Crippen LogP) is 2.56. The molecule has 0 bridgehead atoms. The lowest BCUT2D eigenvalue weighted by Crippen LogP contribution is -2.31. The zero-order valence-corrected chi connectivity index (χ0v) is 17.2. The van der Waals surface area contributed by atoms with Crippen molar-refractivity contribution in [3.05, 3.63) is 23.7 Å². The summed E-state index contributed by atoms with van der Waals surface area (Å²) < 4.78 is 39.5. The van der Waals surface area contributed by atoms with Gasteiger partial charge in [-0.15, -0.1) is 0 Å². The number of likely N-dealkylation sites (tertiary alicyclic amines) is 1. The number of hydrogen-bond acceptors (Lipinski definition) is 6. The van der Waals surface area contributed by atoms with Crippen LogP contribution < -0.4 is 0 Å². The summed E-state index contributed by atoms with van der Waals surface area (Å²) in [5.74, 6) is -1.34. The van der Waals surface area contributed by atoms with E-state index in [9.17, 15) is 13.6 Å². The maximum absolute atomic E-state index is 14.5. The SMILES string of the molecule is CN1C[C@H](COC2=CC3=NC(CSC4CCOCC4)=NC(=O)C3C(F)=C2)[C@H](F)C1. The number of halogens is 2. The molecule has 1 unspecified atom stereocenters. The molecular formula is C20H25F2N3O3S. The summed E-state index contributed by atoms with van der Waals surface area (Å²) in [4.78, 5) is 22.7. The number of alkyl halides is 1. The molecule has 4 rings (SSSR count). The lowest BCUT2D eigenvalue weighted by molar-refractivity contribution is -0.119. The summed E-state index contributed by atoms with van der Waals surface area (Å²) in [5.41, 5.74) is 0.308. The highest BCUT2D eigenvalue weighted by Gasteiger charge is 2.36. The summed E-state index contributed by atoms with van der Waals surface area (Å²) in [7, 11) is 1.86. The Morgan fingerprint density at radius 2 is 2.07 bits per heavy atom. The number of amidine groups is 1. The van der Waals surface area contributed by atoms with Crippen LogP contribution in [0.3, 0.4) is 0 Å². The number of nitrogens with zero attached hydrogens (tertiary/aromatic N) is 3. The standard InChI is InChI=1S/C20H25F2N3O3S/c1-25-8-12(16(22)9-25)10-28-13-6-15(21)19-17(7-13)23-18(24-20(19)26)11-29-14-2-4-27-5-3-14/h6-7,12,14,16,19H,2-5,8-11H2,1H3/t12-,16-,19?/m1/s1. The molecule has 2 saturated heterocycles. The summed E-state index contributed by atoms with van der Waals surface area (Å²) in [6.07, 6.45) is 3.73. The smallest absolute Gasteiger partial charge is 0.263 e. The quantitative estimate of drug-likeness (QED) is 0.655. The van der Waals surface area contributed by atoms with Gasteiger partial charge in [0.2, 0.25) is 0 Å². The number of hydrogen-bond donors (Lipinski definition) is 0. The van der Waals surface area contributed by atoms with E-state index in [0.717, 1.165) is 26.1 Å². The zero-order valence-electron chi connectivity index (χ0n) is 16.4. The highest BCUT2D eigenvalue weighted by Crippen LogP contribution is 2.30. The van der Waals surface area contributed by atoms with Crippen LogP contribution in [0.5, 0.6) is 0 Å². The van der Waals surface area contributed by atoms with Crippen molar-refractivity contribution in [2.45, 2.75) is 24.3 Å². The van der Waals surface area contributed by atoms with E-state index in [1.807, 2.05) is 11.9 Å². The number of aliphatic imine (C=N–C) groups is 2. The maximum atomic E-state index is 14.5. The van der Waals surface area contributed by atoms with E-state index >= 15 is 0 Å². The Morgan fingerprint density at radius 3 is 2.79 bits per heavy atom. The van der Waals surface area contributed by atoms with Crippen LogP contribution in [0.25, 0.3) is 0 Å². The van der Waals surface area contributed by atoms with E-state index < -0.39 is 23.8 Å². The van der Waals surface area contributed by atoms with Gasteiger partial charge in [-0.2, -0.15) is 16.8 Å². The van der Waals surface area contributed by atoms with E-state index in [0.29, 0.717) is 35.6 Å². The fraction of sp³-hybridized carbons (Fsp3) is 0.650. The average Bonchev–Trinajstić information content (AvgIpc) is 3.02. The molecular weight excluding hydrogens is 400 g/mol. The van der Waals surface area contributed by atoms with Crippen molar-refractivity contribution >= 4 is 29.2 Å². The van der Waals surface area contributed by atoms with Gasteiger partial charge in [0.1, 0.15) is 29.5 Å². The molecule has 0 aromatic heterocycles. The van der Waals surface area contributed by atoms with Crippen molar-refractivity contribution in [2.24, 2.45) is 21.8 Å². The number of fused-ring (bicyclic) bond motifs is 1. The first-order chi connectivity index (χ1) is 14.0. The Hall–Kier alpha value is -1.58. The fourth-order valence-corrected chi connectivity index (χ4v) is 4.96. The lowest BCUT2D eigenvalue weighted by Gasteiger charge is -2.24. The van der Waals surface area contributed by atoms with Crippen molar-refractivity contribution in [3.8, 4) is 0 Å². The van der Waals surface area contributed by atoms with E-state index in [1.54, 1.807) is 17.8 Å². The second-order valence-electron chi connectivity index (χ2n) is 7.84. The van der Waals surface area contributed by atoms with Crippen LogP contribution in [0.15, 0.2) is 33.7 Å². The van der Waals surface area contributed by atoms with Crippen LogP contribution >= 0.6 is 11.8 Å². The van der Waals surface area contributed by atoms with Gasteiger partial charge in [-0.1, -0.05) is 0 Å². The largest absolute Gasteiger partial charge is 0.493 e. The monoisotopic (exact) mass is 425 g/mol. The minimum Gasteiger partial charge on any atom is -0.493 e. The van der Waals surface area contributed by atoms with Crippen molar-refractivity contribution in [3.63, 3.8) is 0 Å². The maximum Gasteiger partial charge on any atom is 0.263 e. The highest BCUT2D eigenvalue weighted by atomic mass is 32.2. The molecule has 0 N–H and O–H groups in total. The first-order valence-electron chi connectivity index (χ1n) is 9.93. The fourth-order valence-electron chi connectivity index (χ4n) is 3.92. The molecule has 29 heavy (non-hydrogen) atoms. The van der Waals surface area contributed by atoms with Crippen LogP contribution in [0.1, 0.15) is 12.8 Å². The van der Waals surface area contributed by atoms with Crippen molar-refractivity contribution in [1.29, 1.82) is 0 Å². The first kappa shape index (κ1) is 20.7. The number of carbonyl (C=O) groups excluding carboxylic acids is 1. The number of ether oxygens (including phenoxy) is 2. The van der Waals surface area contributed by atoms with E-state index in [4.69, 9.17) is 9.47 Å². The van der Waals surface area contributed by atoms with Gasteiger partial charge in [-0.05, 0) is 19.9 Å². The number of rotatable bonds is 6. The van der Waals surface area contributed by atoms with Crippen molar-refractivity contribution < 1.29 is 23.0 Å².